The molecule has 0 bridgehead atoms. The summed E-state index contributed by atoms with van der Waals surface area (Å²) in [6.07, 6.45) is 0. The number of hydrogen-bond acceptors (Lipinski definition) is 4. The van der Waals surface area contributed by atoms with Crippen LogP contribution in [0.15, 0.2) is 486 Å². The highest BCUT2D eigenvalue weighted by Crippen LogP contribution is 2.49. The van der Waals surface area contributed by atoms with Crippen molar-refractivity contribution in [1.29, 1.82) is 0 Å². The minimum absolute atomic E-state index is 0.357. The van der Waals surface area contributed by atoms with E-state index < -0.39 is 5.41 Å². The lowest BCUT2D eigenvalue weighted by Gasteiger charge is -2.37. The molecule has 0 aliphatic heterocycles. The molecule has 115 heavy (non-hydrogen) atoms. The lowest BCUT2D eigenvalue weighted by Crippen LogP contribution is -2.31. The summed E-state index contributed by atoms with van der Waals surface area (Å²) in [7, 11) is 0. The molecule has 20 aromatic rings. The molecule has 2 aromatic heterocycles. The molecular weight excluding hydrogens is 1460 g/mol. The summed E-state index contributed by atoms with van der Waals surface area (Å²) in [5.41, 5.74) is 27.6. The van der Waals surface area contributed by atoms with Crippen molar-refractivity contribution in [3.05, 3.63) is 522 Å². The van der Waals surface area contributed by atoms with E-state index in [0.29, 0.717) is 0 Å². The third-order valence-electron chi connectivity index (χ3n) is 22.0. The summed E-state index contributed by atoms with van der Waals surface area (Å²) >= 11 is 3.58. The molecule has 0 spiro atoms. The predicted molar refractivity (Wildman–Crippen MR) is 484 cm³/mol. The van der Waals surface area contributed by atoms with Crippen LogP contribution in [-0.2, 0) is 10.8 Å². The third-order valence-corrected chi connectivity index (χ3v) is 22.5. The van der Waals surface area contributed by atoms with Crippen molar-refractivity contribution in [3.8, 4) is 44.5 Å². The van der Waals surface area contributed by atoms with Crippen LogP contribution in [-0.4, -0.2) is 0 Å². The molecule has 1 N–H and O–H groups in total. The normalized spacial score (nSPS) is 11.3. The second-order valence-corrected chi connectivity index (χ2v) is 29.7. The second-order valence-electron chi connectivity index (χ2n) is 28.8. The van der Waals surface area contributed by atoms with Crippen LogP contribution in [0.25, 0.3) is 88.4 Å². The molecule has 0 amide bonds. The van der Waals surface area contributed by atoms with Gasteiger partial charge in [0.05, 0.1) is 10.8 Å². The monoisotopic (exact) mass is 1540 g/mol. The number of halogens is 1. The van der Waals surface area contributed by atoms with Crippen LogP contribution in [0.3, 0.4) is 0 Å². The molecule has 0 aliphatic carbocycles. The highest BCUT2D eigenvalue weighted by atomic mass is 79.9. The van der Waals surface area contributed by atoms with E-state index in [0.717, 1.165) is 87.9 Å². The van der Waals surface area contributed by atoms with Gasteiger partial charge in [-0.05, 0) is 198 Å². The van der Waals surface area contributed by atoms with E-state index in [4.69, 9.17) is 8.83 Å². The van der Waals surface area contributed by atoms with Gasteiger partial charge >= 0.3 is 0 Å². The molecule has 0 saturated heterocycles. The van der Waals surface area contributed by atoms with Crippen molar-refractivity contribution >= 4 is 88.2 Å². The zero-order chi connectivity index (χ0) is 77.2. The van der Waals surface area contributed by atoms with E-state index in [1.54, 1.807) is 0 Å². The van der Waals surface area contributed by atoms with E-state index in [-0.39, 0.29) is 5.41 Å². The molecule has 5 heteroatoms. The van der Waals surface area contributed by atoms with E-state index in [1.807, 2.05) is 30.3 Å². The molecule has 0 saturated carbocycles. The Bertz CT molecular complexity index is 6390. The van der Waals surface area contributed by atoms with E-state index in [1.165, 1.54) is 77.9 Å². The maximum Gasteiger partial charge on any atom is 0.135 e. The average Bonchev–Trinajstić information content (AvgIpc) is 0.873. The second kappa shape index (κ2) is 32.9. The van der Waals surface area contributed by atoms with Gasteiger partial charge in [0.2, 0.25) is 0 Å². The maximum atomic E-state index is 6.13. The topological polar surface area (TPSA) is 41.6 Å². The molecule has 2 heterocycles. The summed E-state index contributed by atoms with van der Waals surface area (Å²) in [6, 6.07) is 168. The zero-order valence-electron chi connectivity index (χ0n) is 63.2. The van der Waals surface area contributed by atoms with Gasteiger partial charge in [-0.3, -0.25) is 0 Å². The number of nitrogens with one attached hydrogen (secondary N) is 1. The number of hydrogen-bond donors (Lipinski definition) is 1. The molecule has 0 unspecified atom stereocenters. The van der Waals surface area contributed by atoms with Crippen LogP contribution in [0, 0.1) is 0 Å². The first-order valence-corrected chi connectivity index (χ1v) is 39.8. The number of furan rings is 2. The molecule has 0 radical (unpaired) electrons. The summed E-state index contributed by atoms with van der Waals surface area (Å²) in [4.78, 5) is 2.35. The standard InChI is InChI=1S/C55H39NO.C30H21NO.C25H19Br/c1-5-15-40(16-6-1)41-25-32-48(33-26-41)56(49-34-27-42(28-35-49)43-29-38-54-52(39-43)51-23-13-14-24-53(51)57-54)50-36-30-47(31-37-50)55(44-17-7-2-8-18-44,45-19-9-3-10-20-45)46-21-11-4-12-22-46;1-2-6-21(7-3-1)22-10-15-25(16-11-22)31-26-17-12-23(13-18-26)24-14-19-30-28(20-24)27-8-4-5-9-29(27)32-30;26-24-18-16-23(17-19-24)25(20-10-4-1-5-11-20,21-12-6-2-7-13-21)22-14-8-3-9-15-22/h1-39H;1-20,31H;1-19H. The van der Waals surface area contributed by atoms with Crippen LogP contribution in [0.4, 0.5) is 28.4 Å². The lowest BCUT2D eigenvalue weighted by atomic mass is 9.65. The molecular formula is C110H79BrN2O2. The van der Waals surface area contributed by atoms with Crippen molar-refractivity contribution in [1.82, 2.24) is 0 Å². The number of fused-ring (bicyclic) bond motifs is 6. The maximum absolute atomic E-state index is 6.13. The Hall–Kier alpha value is -14.4. The van der Waals surface area contributed by atoms with Gasteiger partial charge in [0, 0.05) is 54.5 Å². The van der Waals surface area contributed by atoms with Gasteiger partial charge in [-0.15, -0.1) is 0 Å². The largest absolute Gasteiger partial charge is 0.456 e. The number of benzene rings is 18. The van der Waals surface area contributed by atoms with Gasteiger partial charge in [0.1, 0.15) is 22.3 Å². The first kappa shape index (κ1) is 72.2. The molecule has 0 aliphatic rings. The quantitative estimate of drug-likeness (QED) is 0.0923. The lowest BCUT2D eigenvalue weighted by molar-refractivity contribution is 0.668. The van der Waals surface area contributed by atoms with Gasteiger partial charge < -0.3 is 19.1 Å². The smallest absolute Gasteiger partial charge is 0.135 e. The first-order valence-electron chi connectivity index (χ1n) is 39.0. The Morgan fingerprint density at radius 1 is 0.191 bits per heavy atom. The van der Waals surface area contributed by atoms with Crippen LogP contribution in [0.1, 0.15) is 44.5 Å². The minimum Gasteiger partial charge on any atom is -0.456 e. The highest BCUT2D eigenvalue weighted by Gasteiger charge is 2.40. The minimum atomic E-state index is -0.520. The van der Waals surface area contributed by atoms with Crippen LogP contribution in [0.5, 0.6) is 0 Å². The SMILES string of the molecule is Brc1ccc(C(c2ccccc2)(c2ccccc2)c2ccccc2)cc1.c1ccc(-c2ccc(N(c3ccc(-c4ccc5oc6ccccc6c5c4)cc3)c3ccc(C(c4ccccc4)(c4ccccc4)c4ccccc4)cc3)cc2)cc1.c1ccc(-c2ccc(Nc3ccc(-c4ccc5oc6ccccc6c5c4)cc3)cc2)cc1. The van der Waals surface area contributed by atoms with Crippen LogP contribution in [0.2, 0.25) is 0 Å². The van der Waals surface area contributed by atoms with Crippen molar-refractivity contribution in [2.24, 2.45) is 0 Å². The Kier molecular flexibility index (Phi) is 20.7. The van der Waals surface area contributed by atoms with Crippen LogP contribution >= 0.6 is 15.9 Å². The molecule has 548 valence electrons. The van der Waals surface area contributed by atoms with Crippen molar-refractivity contribution in [2.45, 2.75) is 10.8 Å². The van der Waals surface area contributed by atoms with Crippen molar-refractivity contribution < 1.29 is 8.83 Å². The third kappa shape index (κ3) is 14.8. The number of nitrogens with zero attached hydrogens (tertiary/aromatic N) is 1. The van der Waals surface area contributed by atoms with Crippen molar-refractivity contribution in [3.63, 3.8) is 0 Å². The number of rotatable bonds is 17. The Labute approximate surface area is 680 Å². The summed E-state index contributed by atoms with van der Waals surface area (Å²) in [5.74, 6) is 0. The molecule has 0 fully saturated rings. The highest BCUT2D eigenvalue weighted by molar-refractivity contribution is 9.10. The first-order chi connectivity index (χ1) is 56.9. The van der Waals surface area contributed by atoms with Crippen LogP contribution < -0.4 is 10.2 Å². The fourth-order valence-corrected chi connectivity index (χ4v) is 16.7. The number of para-hydroxylation sites is 2. The fraction of sp³-hybridized carbons (Fsp3) is 0.0182. The van der Waals surface area contributed by atoms with Gasteiger partial charge in [0.25, 0.3) is 0 Å². The van der Waals surface area contributed by atoms with E-state index >= 15 is 0 Å². The Morgan fingerprint density at radius 3 is 0.739 bits per heavy atom. The van der Waals surface area contributed by atoms with Gasteiger partial charge in [0.15, 0.2) is 0 Å². The molecule has 18 aromatic carbocycles. The summed E-state index contributed by atoms with van der Waals surface area (Å²) in [5, 5.41) is 8.07. The fourth-order valence-electron chi connectivity index (χ4n) is 16.5. The van der Waals surface area contributed by atoms with Gasteiger partial charge in [-0.1, -0.05) is 380 Å². The molecule has 20 rings (SSSR count). The van der Waals surface area contributed by atoms with E-state index in [9.17, 15) is 0 Å². The summed E-state index contributed by atoms with van der Waals surface area (Å²) < 4.78 is 13.2. The summed E-state index contributed by atoms with van der Waals surface area (Å²) in [6.45, 7) is 0. The predicted octanol–water partition coefficient (Wildman–Crippen LogP) is 30.3. The molecule has 4 nitrogen and oxygen atoms in total. The van der Waals surface area contributed by atoms with Gasteiger partial charge in [-0.25, -0.2) is 0 Å². The number of anilines is 5. The van der Waals surface area contributed by atoms with Gasteiger partial charge in [-0.2, -0.15) is 0 Å². The average molecular weight is 1540 g/mol. The molecule has 0 atom stereocenters. The Morgan fingerprint density at radius 2 is 0.417 bits per heavy atom. The Balaban J connectivity index is 0.000000133. The van der Waals surface area contributed by atoms with Crippen molar-refractivity contribution in [2.75, 3.05) is 10.2 Å². The van der Waals surface area contributed by atoms with E-state index in [2.05, 4.69) is 469 Å². The zero-order valence-corrected chi connectivity index (χ0v) is 64.8.